The first-order valence-corrected chi connectivity index (χ1v) is 8.59. The van der Waals surface area contributed by atoms with Crippen LogP contribution in [0.3, 0.4) is 0 Å². The Hall–Kier alpha value is -3.55. The van der Waals surface area contributed by atoms with E-state index in [1.807, 2.05) is 0 Å². The number of carbonyl (C=O) groups is 5. The summed E-state index contributed by atoms with van der Waals surface area (Å²) in [6.45, 7) is 1.34. The predicted octanol–water partition coefficient (Wildman–Crippen LogP) is 2.12. The molecule has 0 N–H and O–H groups in total. The molecule has 8 nitrogen and oxygen atoms in total. The van der Waals surface area contributed by atoms with Crippen molar-refractivity contribution in [1.29, 1.82) is 0 Å². The van der Waals surface area contributed by atoms with Crippen molar-refractivity contribution in [1.82, 2.24) is 0 Å². The molecule has 0 amide bonds. The number of ketones is 3. The van der Waals surface area contributed by atoms with Gasteiger partial charge >= 0.3 is 11.9 Å². The molecule has 0 unspecified atom stereocenters. The normalized spacial score (nSPS) is 12.2. The van der Waals surface area contributed by atoms with Gasteiger partial charge in [0.1, 0.15) is 19.6 Å². The third kappa shape index (κ3) is 3.75. The molecule has 8 heteroatoms. The van der Waals surface area contributed by atoms with Crippen molar-refractivity contribution in [3.63, 3.8) is 0 Å². The first kappa shape index (κ1) is 19.2. The van der Waals surface area contributed by atoms with E-state index in [0.29, 0.717) is 0 Å². The number of hydrogen-bond acceptors (Lipinski definition) is 8. The van der Waals surface area contributed by atoms with E-state index < -0.39 is 35.7 Å². The van der Waals surface area contributed by atoms with Gasteiger partial charge in [-0.1, -0.05) is 31.2 Å². The first-order valence-electron chi connectivity index (χ1n) is 8.59. The highest BCUT2D eigenvalue weighted by Crippen LogP contribution is 2.30. The highest BCUT2D eigenvalue weighted by Gasteiger charge is 2.34. The van der Waals surface area contributed by atoms with Crippen molar-refractivity contribution < 1.29 is 37.9 Å². The van der Waals surface area contributed by atoms with E-state index in [2.05, 4.69) is 0 Å². The minimum absolute atomic E-state index is 0.00750. The molecule has 1 aliphatic carbocycles. The summed E-state index contributed by atoms with van der Waals surface area (Å²) >= 11 is 0. The molecule has 0 atom stereocenters. The molecule has 0 saturated carbocycles. The summed E-state index contributed by atoms with van der Waals surface area (Å²) in [5, 5.41) is 0. The van der Waals surface area contributed by atoms with Crippen LogP contribution in [0.1, 0.15) is 62.4 Å². The fraction of sp³-hybridized carbons (Fsp3) is 0.250. The highest BCUT2D eigenvalue weighted by atomic mass is 16.6. The van der Waals surface area contributed by atoms with Crippen molar-refractivity contribution in [2.24, 2.45) is 0 Å². The number of furan rings is 1. The predicted molar refractivity (Wildman–Crippen MR) is 93.2 cm³/mol. The van der Waals surface area contributed by atoms with Crippen LogP contribution in [0.25, 0.3) is 0 Å². The number of rotatable bonds is 7. The van der Waals surface area contributed by atoms with Gasteiger partial charge in [-0.3, -0.25) is 24.0 Å². The molecule has 0 radical (unpaired) electrons. The summed E-state index contributed by atoms with van der Waals surface area (Å²) in [4.78, 5) is 59.9. The zero-order valence-corrected chi connectivity index (χ0v) is 15.0. The fourth-order valence-corrected chi connectivity index (χ4v) is 2.69. The van der Waals surface area contributed by atoms with Crippen LogP contribution in [0.4, 0.5) is 0 Å². The lowest BCUT2D eigenvalue weighted by atomic mass is 9.88. The summed E-state index contributed by atoms with van der Waals surface area (Å²) in [6.07, 6.45) is -0.430. The minimum Gasteiger partial charge on any atom is -0.462 e. The van der Waals surface area contributed by atoms with Gasteiger partial charge in [0.05, 0.1) is 5.56 Å². The standard InChI is InChI=1S/C20H16O8/c1-2-16(22)26-7-8-27-17(23)10-14(21)15-9-13-18(24)11-5-3-4-6-12(11)19(25)20(13)28-15/h3-6,9H,2,7-8,10H2,1H3. The van der Waals surface area contributed by atoms with Crippen molar-refractivity contribution in [3.05, 3.63) is 58.5 Å². The van der Waals surface area contributed by atoms with Crippen molar-refractivity contribution in [2.75, 3.05) is 13.2 Å². The van der Waals surface area contributed by atoms with Crippen LogP contribution in [0.5, 0.6) is 0 Å². The number of hydrogen-bond donors (Lipinski definition) is 0. The largest absolute Gasteiger partial charge is 0.462 e. The van der Waals surface area contributed by atoms with Crippen LogP contribution in [-0.4, -0.2) is 42.5 Å². The second-order valence-electron chi connectivity index (χ2n) is 5.95. The topological polar surface area (TPSA) is 117 Å². The van der Waals surface area contributed by atoms with Gasteiger partial charge in [-0.15, -0.1) is 0 Å². The van der Waals surface area contributed by atoms with Crippen molar-refractivity contribution in [3.8, 4) is 0 Å². The molecule has 0 fully saturated rings. The molecule has 0 saturated heterocycles. The maximum absolute atomic E-state index is 12.5. The molecular weight excluding hydrogens is 368 g/mol. The van der Waals surface area contributed by atoms with Gasteiger partial charge in [0.15, 0.2) is 17.3 Å². The number of carbonyl (C=O) groups excluding carboxylic acids is 5. The summed E-state index contributed by atoms with van der Waals surface area (Å²) < 4.78 is 14.8. The Morgan fingerprint density at radius 3 is 2.14 bits per heavy atom. The number of benzene rings is 1. The summed E-state index contributed by atoms with van der Waals surface area (Å²) in [7, 11) is 0. The summed E-state index contributed by atoms with van der Waals surface area (Å²) in [6, 6.07) is 7.46. The molecule has 1 aromatic heterocycles. The summed E-state index contributed by atoms with van der Waals surface area (Å²) in [5.74, 6) is -3.40. The lowest BCUT2D eigenvalue weighted by molar-refractivity contribution is -0.151. The molecule has 2 aromatic rings. The molecule has 0 aliphatic heterocycles. The van der Waals surface area contributed by atoms with Crippen LogP contribution < -0.4 is 0 Å². The van der Waals surface area contributed by atoms with Crippen LogP contribution in [0.15, 0.2) is 34.7 Å². The van der Waals surface area contributed by atoms with E-state index >= 15 is 0 Å². The molecule has 3 rings (SSSR count). The van der Waals surface area contributed by atoms with Gasteiger partial charge in [0.2, 0.25) is 11.6 Å². The SMILES string of the molecule is CCC(=O)OCCOC(=O)CC(=O)c1cc2c(o1)C(=O)c1ccccc1C2=O. The molecule has 1 heterocycles. The van der Waals surface area contributed by atoms with Crippen molar-refractivity contribution >= 4 is 29.3 Å². The Labute approximate surface area is 159 Å². The molecule has 28 heavy (non-hydrogen) atoms. The lowest BCUT2D eigenvalue weighted by Gasteiger charge is -2.11. The van der Waals surface area contributed by atoms with Crippen LogP contribution in [-0.2, 0) is 19.1 Å². The Balaban J connectivity index is 1.65. The third-order valence-corrected chi connectivity index (χ3v) is 4.08. The van der Waals surface area contributed by atoms with Gasteiger partial charge in [0, 0.05) is 17.5 Å². The van der Waals surface area contributed by atoms with Crippen LogP contribution >= 0.6 is 0 Å². The highest BCUT2D eigenvalue weighted by molar-refractivity contribution is 6.28. The van der Waals surface area contributed by atoms with Gasteiger partial charge < -0.3 is 13.9 Å². The molecule has 0 bridgehead atoms. The van der Waals surface area contributed by atoms with E-state index in [9.17, 15) is 24.0 Å². The second-order valence-corrected chi connectivity index (χ2v) is 5.95. The average Bonchev–Trinajstić information content (AvgIpc) is 3.15. The van der Waals surface area contributed by atoms with Gasteiger partial charge in [0.25, 0.3) is 0 Å². The Bertz CT molecular complexity index is 929. The van der Waals surface area contributed by atoms with E-state index in [4.69, 9.17) is 13.9 Å². The van der Waals surface area contributed by atoms with Crippen molar-refractivity contribution in [2.45, 2.75) is 19.8 Å². The quantitative estimate of drug-likeness (QED) is 0.263. The molecule has 1 aromatic carbocycles. The van der Waals surface area contributed by atoms with Crippen LogP contribution in [0.2, 0.25) is 0 Å². The number of Topliss-reactive ketones (excluding diaryl/α,β-unsaturated/α-hetero) is 1. The Morgan fingerprint density at radius 2 is 1.50 bits per heavy atom. The van der Waals surface area contributed by atoms with E-state index in [1.54, 1.807) is 19.1 Å². The third-order valence-electron chi connectivity index (χ3n) is 4.08. The van der Waals surface area contributed by atoms with Gasteiger partial charge in [-0.05, 0) is 6.07 Å². The monoisotopic (exact) mass is 384 g/mol. The minimum atomic E-state index is -0.840. The molecule has 0 spiro atoms. The molecule has 1 aliphatic rings. The number of esters is 2. The van der Waals surface area contributed by atoms with E-state index in [1.165, 1.54) is 18.2 Å². The lowest BCUT2D eigenvalue weighted by Crippen LogP contribution is -2.18. The maximum atomic E-state index is 12.5. The number of ether oxygens (including phenoxy) is 2. The second kappa shape index (κ2) is 7.99. The maximum Gasteiger partial charge on any atom is 0.313 e. The smallest absolute Gasteiger partial charge is 0.313 e. The van der Waals surface area contributed by atoms with E-state index in [0.717, 1.165) is 0 Å². The van der Waals surface area contributed by atoms with Gasteiger partial charge in [-0.2, -0.15) is 0 Å². The first-order chi connectivity index (χ1) is 13.4. The summed E-state index contributed by atoms with van der Waals surface area (Å²) in [5.41, 5.74) is 0.433. The Morgan fingerprint density at radius 1 is 0.893 bits per heavy atom. The molecule has 144 valence electrons. The number of fused-ring (bicyclic) bond motifs is 2. The zero-order chi connectivity index (χ0) is 20.3. The Kier molecular flexibility index (Phi) is 5.49. The van der Waals surface area contributed by atoms with Gasteiger partial charge in [-0.25, -0.2) is 0 Å². The average molecular weight is 384 g/mol. The fourth-order valence-electron chi connectivity index (χ4n) is 2.69. The van der Waals surface area contributed by atoms with Crippen LogP contribution in [0, 0.1) is 0 Å². The zero-order valence-electron chi connectivity index (χ0n) is 15.0. The van der Waals surface area contributed by atoms with E-state index in [-0.39, 0.29) is 47.8 Å². The molecular formula is C20H16O8.